The first kappa shape index (κ1) is 20.8. The molecule has 4 aromatic rings. The van der Waals surface area contributed by atoms with Crippen molar-refractivity contribution in [3.63, 3.8) is 0 Å². The number of hydrogen-bond donors (Lipinski definition) is 2. The van der Waals surface area contributed by atoms with E-state index in [0.717, 1.165) is 42.4 Å². The van der Waals surface area contributed by atoms with E-state index in [2.05, 4.69) is 23.9 Å². The minimum Gasteiger partial charge on any atom is -0.481 e. The lowest BCUT2D eigenvalue weighted by molar-refractivity contribution is -0.135. The third-order valence-corrected chi connectivity index (χ3v) is 3.96. The lowest BCUT2D eigenvalue weighted by Crippen LogP contribution is -2.03. The molecule has 146 valence electrons. The van der Waals surface area contributed by atoms with Crippen LogP contribution in [0.1, 0.15) is 19.5 Å². The number of carboxylic acid groups (broad SMARTS) is 2. The van der Waals surface area contributed by atoms with E-state index in [9.17, 15) is 0 Å². The molecule has 0 saturated heterocycles. The highest BCUT2D eigenvalue weighted by molar-refractivity contribution is 7.13. The number of aromatic nitrogens is 5. The highest BCUT2D eigenvalue weighted by Gasteiger charge is 2.10. The lowest BCUT2D eigenvalue weighted by atomic mass is 10.4. The van der Waals surface area contributed by atoms with Crippen molar-refractivity contribution in [1.29, 1.82) is 0 Å². The normalized spacial score (nSPS) is 9.79. The largest absolute Gasteiger partial charge is 0.481 e. The fourth-order valence-corrected chi connectivity index (χ4v) is 2.90. The average Bonchev–Trinajstić information content (AvgIpc) is 3.35. The van der Waals surface area contributed by atoms with Gasteiger partial charge < -0.3 is 19.2 Å². The molecule has 0 atom stereocenters. The van der Waals surface area contributed by atoms with Gasteiger partial charge in [0.2, 0.25) is 0 Å². The number of nitrogens with zero attached hydrogens (tertiary/aromatic N) is 5. The Morgan fingerprint density at radius 1 is 1.07 bits per heavy atom. The first-order valence-electron chi connectivity index (χ1n) is 8.08. The molecular formula is C18H19N5O4S. The summed E-state index contributed by atoms with van der Waals surface area (Å²) >= 11 is 1.59. The summed E-state index contributed by atoms with van der Waals surface area (Å²) in [6, 6.07) is 6.00. The fourth-order valence-electron chi connectivity index (χ4n) is 2.26. The monoisotopic (exact) mass is 401 g/mol. The summed E-state index contributed by atoms with van der Waals surface area (Å²) in [6.45, 7) is 2.90. The fraction of sp³-hybridized carbons (Fsp3) is 0.167. The van der Waals surface area contributed by atoms with Crippen molar-refractivity contribution in [3.8, 4) is 10.7 Å². The SMILES string of the molecule is CC(=O)O.CC(=O)O.c1ccn2c(Cn3ccnc3-c3cncs3)cnc2c1. The van der Waals surface area contributed by atoms with Gasteiger partial charge in [-0.15, -0.1) is 11.3 Å². The Morgan fingerprint density at radius 2 is 1.79 bits per heavy atom. The topological polar surface area (TPSA) is 123 Å². The van der Waals surface area contributed by atoms with Gasteiger partial charge in [0.25, 0.3) is 11.9 Å². The van der Waals surface area contributed by atoms with Gasteiger partial charge in [0.15, 0.2) is 5.82 Å². The highest BCUT2D eigenvalue weighted by atomic mass is 32.1. The van der Waals surface area contributed by atoms with Crippen LogP contribution in [0.4, 0.5) is 0 Å². The Bertz CT molecular complexity index is 1020. The molecule has 0 aliphatic heterocycles. The van der Waals surface area contributed by atoms with E-state index in [-0.39, 0.29) is 0 Å². The molecule has 0 saturated carbocycles. The third-order valence-electron chi connectivity index (χ3n) is 3.19. The molecule has 10 heteroatoms. The Hall–Kier alpha value is -3.53. The first-order valence-corrected chi connectivity index (χ1v) is 8.96. The molecule has 0 fully saturated rings. The number of fused-ring (bicyclic) bond motifs is 1. The molecule has 4 heterocycles. The molecule has 0 aliphatic carbocycles. The van der Waals surface area contributed by atoms with Crippen LogP contribution in [0.25, 0.3) is 16.3 Å². The maximum Gasteiger partial charge on any atom is 0.300 e. The van der Waals surface area contributed by atoms with Crippen LogP contribution in [0.5, 0.6) is 0 Å². The van der Waals surface area contributed by atoms with Crippen molar-refractivity contribution in [2.45, 2.75) is 20.4 Å². The number of thiazole rings is 1. The molecule has 4 aromatic heterocycles. The molecule has 4 rings (SSSR count). The molecule has 9 nitrogen and oxygen atoms in total. The summed E-state index contributed by atoms with van der Waals surface area (Å²) in [5.41, 5.74) is 3.91. The quantitative estimate of drug-likeness (QED) is 0.541. The summed E-state index contributed by atoms with van der Waals surface area (Å²) < 4.78 is 4.21. The van der Waals surface area contributed by atoms with E-state index in [4.69, 9.17) is 19.8 Å². The summed E-state index contributed by atoms with van der Waals surface area (Å²) in [4.78, 5) is 32.0. The second-order valence-corrected chi connectivity index (χ2v) is 6.35. The standard InChI is InChI=1S/C14H11N5S.2C2H4O2/c1-2-5-19-11(7-17-13(19)3-1)9-18-6-4-16-14(18)12-8-15-10-20-12;2*1-2(3)4/h1-8,10H,9H2;2*1H3,(H,3,4). The molecule has 0 bridgehead atoms. The van der Waals surface area contributed by atoms with E-state index in [1.54, 1.807) is 11.3 Å². The number of pyridine rings is 1. The zero-order valence-electron chi connectivity index (χ0n) is 15.3. The Labute approximate surface area is 164 Å². The summed E-state index contributed by atoms with van der Waals surface area (Å²) in [6.07, 6.45) is 9.58. The molecule has 0 spiro atoms. The molecule has 0 amide bonds. The smallest absolute Gasteiger partial charge is 0.300 e. The Kier molecular flexibility index (Phi) is 7.40. The van der Waals surface area contributed by atoms with E-state index in [1.165, 1.54) is 0 Å². The number of imidazole rings is 2. The van der Waals surface area contributed by atoms with Gasteiger partial charge in [-0.3, -0.25) is 14.6 Å². The number of carbonyl (C=O) groups is 2. The van der Waals surface area contributed by atoms with Crippen LogP contribution in [0.15, 0.2) is 54.7 Å². The zero-order chi connectivity index (χ0) is 20.5. The van der Waals surface area contributed by atoms with Crippen LogP contribution in [0.2, 0.25) is 0 Å². The van der Waals surface area contributed by atoms with Crippen molar-refractivity contribution < 1.29 is 19.8 Å². The van der Waals surface area contributed by atoms with Crippen LogP contribution in [-0.2, 0) is 16.1 Å². The number of aliphatic carboxylic acids is 2. The van der Waals surface area contributed by atoms with E-state index in [0.29, 0.717) is 0 Å². The van der Waals surface area contributed by atoms with Gasteiger partial charge in [-0.25, -0.2) is 9.97 Å². The predicted molar refractivity (Wildman–Crippen MR) is 104 cm³/mol. The number of hydrogen-bond acceptors (Lipinski definition) is 6. The number of rotatable bonds is 3. The molecule has 0 aromatic carbocycles. The van der Waals surface area contributed by atoms with Crippen molar-refractivity contribution in [1.82, 2.24) is 23.9 Å². The zero-order valence-corrected chi connectivity index (χ0v) is 16.1. The summed E-state index contributed by atoms with van der Waals surface area (Å²) in [5, 5.41) is 14.8. The molecule has 28 heavy (non-hydrogen) atoms. The van der Waals surface area contributed by atoms with Gasteiger partial charge in [-0.05, 0) is 12.1 Å². The minimum atomic E-state index is -0.833. The van der Waals surface area contributed by atoms with Gasteiger partial charge in [0.05, 0.1) is 28.8 Å². The first-order chi connectivity index (χ1) is 13.4. The van der Waals surface area contributed by atoms with Gasteiger partial charge in [-0.1, -0.05) is 6.07 Å². The Morgan fingerprint density at radius 3 is 2.43 bits per heavy atom. The Balaban J connectivity index is 0.000000302. The van der Waals surface area contributed by atoms with E-state index >= 15 is 0 Å². The molecular weight excluding hydrogens is 382 g/mol. The summed E-state index contributed by atoms with van der Waals surface area (Å²) in [7, 11) is 0. The van der Waals surface area contributed by atoms with Crippen LogP contribution < -0.4 is 0 Å². The molecule has 2 N–H and O–H groups in total. The summed E-state index contributed by atoms with van der Waals surface area (Å²) in [5.74, 6) is -0.724. The lowest BCUT2D eigenvalue weighted by Gasteiger charge is -2.06. The van der Waals surface area contributed by atoms with Gasteiger partial charge >= 0.3 is 0 Å². The maximum atomic E-state index is 9.00. The minimum absolute atomic E-state index is 0.735. The average molecular weight is 401 g/mol. The van der Waals surface area contributed by atoms with Crippen molar-refractivity contribution in [3.05, 3.63) is 60.4 Å². The highest BCUT2D eigenvalue weighted by Crippen LogP contribution is 2.22. The van der Waals surface area contributed by atoms with Crippen LogP contribution in [-0.4, -0.2) is 46.1 Å². The van der Waals surface area contributed by atoms with Crippen molar-refractivity contribution in [2.24, 2.45) is 0 Å². The van der Waals surface area contributed by atoms with E-state index in [1.807, 2.05) is 54.7 Å². The van der Waals surface area contributed by atoms with Gasteiger partial charge in [-0.2, -0.15) is 0 Å². The van der Waals surface area contributed by atoms with Crippen LogP contribution in [0.3, 0.4) is 0 Å². The van der Waals surface area contributed by atoms with Crippen LogP contribution >= 0.6 is 11.3 Å². The second-order valence-electron chi connectivity index (χ2n) is 5.46. The molecule has 0 unspecified atom stereocenters. The second kappa shape index (κ2) is 9.97. The number of carboxylic acids is 2. The predicted octanol–water partition coefficient (Wildman–Crippen LogP) is 2.88. The molecule has 0 aliphatic rings. The van der Waals surface area contributed by atoms with Crippen molar-refractivity contribution in [2.75, 3.05) is 0 Å². The van der Waals surface area contributed by atoms with Crippen molar-refractivity contribution >= 4 is 28.9 Å². The molecule has 0 radical (unpaired) electrons. The van der Waals surface area contributed by atoms with Gasteiger partial charge in [0.1, 0.15) is 5.65 Å². The van der Waals surface area contributed by atoms with Gasteiger partial charge in [0, 0.05) is 38.6 Å². The van der Waals surface area contributed by atoms with Crippen LogP contribution in [0, 0.1) is 0 Å². The van der Waals surface area contributed by atoms with E-state index < -0.39 is 11.9 Å². The maximum absolute atomic E-state index is 9.00. The third kappa shape index (κ3) is 6.02.